The maximum atomic E-state index is 13.2. The van der Waals surface area contributed by atoms with Crippen molar-refractivity contribution in [2.75, 3.05) is 18.5 Å². The number of nitrogens with zero attached hydrogens (tertiary/aromatic N) is 2. The van der Waals surface area contributed by atoms with E-state index in [1.807, 2.05) is 18.2 Å². The van der Waals surface area contributed by atoms with Crippen LogP contribution >= 0.6 is 22.9 Å². The molecule has 1 aromatic carbocycles. The van der Waals surface area contributed by atoms with Gasteiger partial charge in [0, 0.05) is 17.6 Å². The van der Waals surface area contributed by atoms with E-state index in [-0.39, 0.29) is 15.4 Å². The van der Waals surface area contributed by atoms with Gasteiger partial charge in [-0.1, -0.05) is 48.1 Å². The lowest BCUT2D eigenvalue weighted by molar-refractivity contribution is -0.139. The van der Waals surface area contributed by atoms with Crippen molar-refractivity contribution >= 4 is 49.9 Å². The van der Waals surface area contributed by atoms with Gasteiger partial charge in [-0.3, -0.25) is 10.1 Å². The summed E-state index contributed by atoms with van der Waals surface area (Å²) in [6, 6.07) is 7.04. The first kappa shape index (κ1) is 28.4. The Labute approximate surface area is 220 Å². The van der Waals surface area contributed by atoms with Crippen LogP contribution < -0.4 is 5.32 Å². The average molecular weight is 558 g/mol. The van der Waals surface area contributed by atoms with Gasteiger partial charge in [-0.2, -0.15) is 0 Å². The summed E-state index contributed by atoms with van der Waals surface area (Å²) in [6.45, 7) is 5.41. The molecular formula is C24H32ClN3O6S2. The molecule has 1 fully saturated rings. The normalized spacial score (nSPS) is 18.6. The van der Waals surface area contributed by atoms with E-state index < -0.39 is 26.6 Å². The summed E-state index contributed by atoms with van der Waals surface area (Å²) in [6.07, 6.45) is 4.84. The van der Waals surface area contributed by atoms with Crippen LogP contribution in [0.2, 0.25) is 5.02 Å². The second-order valence-electron chi connectivity index (χ2n) is 9.48. The van der Waals surface area contributed by atoms with E-state index >= 15 is 0 Å². The van der Waals surface area contributed by atoms with Gasteiger partial charge in [0.15, 0.2) is 9.88 Å². The smallest absolute Gasteiger partial charge is 0.324 e. The summed E-state index contributed by atoms with van der Waals surface area (Å²) in [7, 11) is -4.19. The van der Waals surface area contributed by atoms with Crippen LogP contribution in [0.15, 0.2) is 34.7 Å². The molecule has 0 bridgehead atoms. The van der Waals surface area contributed by atoms with E-state index in [1.165, 1.54) is 0 Å². The monoisotopic (exact) mass is 557 g/mol. The number of rotatable bonds is 10. The number of halogens is 1. The number of nitrogens with one attached hydrogen (secondary N) is 1. The van der Waals surface area contributed by atoms with Crippen LogP contribution in [0.1, 0.15) is 52.0 Å². The lowest BCUT2D eigenvalue weighted by atomic mass is 9.86. The number of hydrogen-bond acceptors (Lipinski definition) is 7. The zero-order valence-electron chi connectivity index (χ0n) is 20.6. The van der Waals surface area contributed by atoms with E-state index in [0.29, 0.717) is 30.7 Å². The van der Waals surface area contributed by atoms with Gasteiger partial charge in [0.25, 0.3) is 0 Å². The summed E-state index contributed by atoms with van der Waals surface area (Å²) < 4.78 is 29.1. The van der Waals surface area contributed by atoms with Gasteiger partial charge in [-0.25, -0.2) is 18.2 Å². The van der Waals surface area contributed by atoms with Crippen molar-refractivity contribution in [1.29, 1.82) is 0 Å². The molecule has 0 unspecified atom stereocenters. The highest BCUT2D eigenvalue weighted by molar-refractivity contribution is 7.95. The molecule has 1 aliphatic carbocycles. The zero-order valence-corrected chi connectivity index (χ0v) is 23.0. The van der Waals surface area contributed by atoms with Gasteiger partial charge in [0.1, 0.15) is 4.21 Å². The highest BCUT2D eigenvalue weighted by Gasteiger charge is 2.44. The molecule has 0 atom stereocenters. The van der Waals surface area contributed by atoms with Crippen molar-refractivity contribution < 1.29 is 27.9 Å². The molecule has 2 N–H and O–H groups in total. The number of carboxylic acids is 1. The largest absolute Gasteiger partial charge is 0.480 e. The standard InChI is InChI=1S/C24H32ClN3O6S2/c1-16-8-10-18(11-9-16)28(12-13-34-15-17-6-4-5-7-19(17)25)23(31)27-22-26-14-20(35-22)36(32,33)24(2,3)21(29)30/h4-7,14,16,18H,8-13,15H2,1-3H3,(H,29,30)(H,26,27,31)/t16-,18-. The van der Waals surface area contributed by atoms with Crippen molar-refractivity contribution in [2.45, 2.75) is 68.1 Å². The van der Waals surface area contributed by atoms with Crippen molar-refractivity contribution in [2.24, 2.45) is 5.92 Å². The molecule has 1 aliphatic rings. The molecule has 2 aromatic rings. The van der Waals surface area contributed by atoms with Crippen LogP contribution in [0.4, 0.5) is 9.93 Å². The molecule has 36 heavy (non-hydrogen) atoms. The van der Waals surface area contributed by atoms with Crippen molar-refractivity contribution in [3.05, 3.63) is 41.0 Å². The molecule has 0 radical (unpaired) electrons. The number of hydrogen-bond donors (Lipinski definition) is 2. The number of urea groups is 1. The van der Waals surface area contributed by atoms with Gasteiger partial charge >= 0.3 is 12.0 Å². The minimum absolute atomic E-state index is 0.0271. The summed E-state index contributed by atoms with van der Waals surface area (Å²) in [5.74, 6) is -0.858. The Bertz CT molecular complexity index is 1180. The zero-order chi connectivity index (χ0) is 26.5. The molecule has 0 saturated heterocycles. The number of thiazole rings is 1. The molecule has 198 valence electrons. The molecule has 1 aromatic heterocycles. The fourth-order valence-electron chi connectivity index (χ4n) is 3.94. The van der Waals surface area contributed by atoms with Crippen LogP contribution in [0.5, 0.6) is 0 Å². The van der Waals surface area contributed by atoms with Crippen molar-refractivity contribution in [3.63, 3.8) is 0 Å². The number of amides is 2. The minimum Gasteiger partial charge on any atom is -0.480 e. The van der Waals surface area contributed by atoms with E-state index in [4.69, 9.17) is 16.3 Å². The first-order chi connectivity index (χ1) is 16.9. The highest BCUT2D eigenvalue weighted by Crippen LogP contribution is 2.32. The van der Waals surface area contributed by atoms with E-state index in [1.54, 1.807) is 11.0 Å². The molecule has 2 amide bonds. The van der Waals surface area contributed by atoms with Gasteiger partial charge < -0.3 is 14.7 Å². The molecule has 0 aliphatic heterocycles. The minimum atomic E-state index is -4.19. The number of carboxylic acid groups (broad SMARTS) is 1. The Morgan fingerprint density at radius 2 is 1.92 bits per heavy atom. The third-order valence-corrected chi connectivity index (χ3v) is 10.7. The summed E-state index contributed by atoms with van der Waals surface area (Å²) in [5.41, 5.74) is 0.863. The molecule has 1 saturated carbocycles. The van der Waals surface area contributed by atoms with Gasteiger partial charge in [0.05, 0.1) is 19.4 Å². The Morgan fingerprint density at radius 1 is 1.25 bits per heavy atom. The molecule has 9 nitrogen and oxygen atoms in total. The lowest BCUT2D eigenvalue weighted by Gasteiger charge is -2.36. The maximum absolute atomic E-state index is 13.2. The molecular weight excluding hydrogens is 526 g/mol. The predicted molar refractivity (Wildman–Crippen MR) is 139 cm³/mol. The third-order valence-electron chi connectivity index (χ3n) is 6.53. The fourth-order valence-corrected chi connectivity index (χ4v) is 6.89. The second-order valence-corrected chi connectivity index (χ2v) is 13.6. The number of carbonyl (C=O) groups excluding carboxylic acids is 1. The number of aliphatic carboxylic acids is 1. The van der Waals surface area contributed by atoms with Crippen molar-refractivity contribution in [1.82, 2.24) is 9.88 Å². The lowest BCUT2D eigenvalue weighted by Crippen LogP contribution is -2.46. The maximum Gasteiger partial charge on any atom is 0.324 e. The summed E-state index contributed by atoms with van der Waals surface area (Å²) >= 11 is 6.92. The average Bonchev–Trinajstić information content (AvgIpc) is 3.30. The third kappa shape index (κ3) is 6.56. The van der Waals surface area contributed by atoms with Gasteiger partial charge in [-0.05, 0) is 57.1 Å². The van der Waals surface area contributed by atoms with Gasteiger partial charge in [-0.15, -0.1) is 0 Å². The quantitative estimate of drug-likeness (QED) is 0.391. The molecule has 3 rings (SSSR count). The Morgan fingerprint density at radius 3 is 2.56 bits per heavy atom. The highest BCUT2D eigenvalue weighted by atomic mass is 35.5. The second kappa shape index (κ2) is 11.9. The summed E-state index contributed by atoms with van der Waals surface area (Å²) in [4.78, 5) is 30.4. The molecule has 12 heteroatoms. The Balaban J connectivity index is 1.68. The van der Waals surface area contributed by atoms with Gasteiger partial charge in [0.2, 0.25) is 9.84 Å². The fraction of sp³-hybridized carbons (Fsp3) is 0.542. The summed E-state index contributed by atoms with van der Waals surface area (Å²) in [5, 5.41) is 12.7. The number of anilines is 1. The Hall–Kier alpha value is -2.21. The molecule has 1 heterocycles. The molecule has 0 spiro atoms. The van der Waals surface area contributed by atoms with Crippen LogP contribution in [0.3, 0.4) is 0 Å². The van der Waals surface area contributed by atoms with E-state index in [2.05, 4.69) is 17.2 Å². The van der Waals surface area contributed by atoms with E-state index in [0.717, 1.165) is 62.6 Å². The Kier molecular flexibility index (Phi) is 9.37. The van der Waals surface area contributed by atoms with Crippen molar-refractivity contribution in [3.8, 4) is 0 Å². The van der Waals surface area contributed by atoms with Crippen LogP contribution in [-0.2, 0) is 26.0 Å². The van der Waals surface area contributed by atoms with Crippen LogP contribution in [-0.4, -0.2) is 59.3 Å². The van der Waals surface area contributed by atoms with Crippen LogP contribution in [0.25, 0.3) is 0 Å². The number of ether oxygens (including phenoxy) is 1. The van der Waals surface area contributed by atoms with E-state index in [9.17, 15) is 23.1 Å². The number of sulfone groups is 1. The first-order valence-corrected chi connectivity index (χ1v) is 14.4. The van der Waals surface area contributed by atoms with Crippen LogP contribution in [0, 0.1) is 5.92 Å². The number of benzene rings is 1. The first-order valence-electron chi connectivity index (χ1n) is 11.8. The number of aromatic nitrogens is 1. The predicted octanol–water partition coefficient (Wildman–Crippen LogP) is 5.06. The topological polar surface area (TPSA) is 126 Å². The SMILES string of the molecule is CC(C)(C(=O)O)S(=O)(=O)c1cnc(NC(=O)N(CCOCc2ccccc2Cl)[C@H]2CC[C@H](C)CC2)s1. The number of carbonyl (C=O) groups is 2.